The minimum absolute atomic E-state index is 0.0291. The number of nitrogens with zero attached hydrogens (tertiary/aromatic N) is 2. The highest BCUT2D eigenvalue weighted by Crippen LogP contribution is 2.41. The zero-order chi connectivity index (χ0) is 16.6. The van der Waals surface area contributed by atoms with Gasteiger partial charge in [-0.25, -0.2) is 12.8 Å². The fraction of sp³-hybridized carbons (Fsp3) is 0.429. The lowest BCUT2D eigenvalue weighted by atomic mass is 10.2. The average molecular weight is 358 g/mol. The summed E-state index contributed by atoms with van der Waals surface area (Å²) in [5.41, 5.74) is 0.492. The van der Waals surface area contributed by atoms with Crippen LogP contribution in [0.2, 0.25) is 0 Å². The number of hydrogen-bond donors (Lipinski definition) is 0. The van der Waals surface area contributed by atoms with Gasteiger partial charge >= 0.3 is 0 Å². The second-order valence-electron chi connectivity index (χ2n) is 5.37. The van der Waals surface area contributed by atoms with Crippen molar-refractivity contribution < 1.29 is 22.3 Å². The summed E-state index contributed by atoms with van der Waals surface area (Å²) < 4.78 is 42.1. The fourth-order valence-electron chi connectivity index (χ4n) is 2.75. The largest absolute Gasteiger partial charge is 0.375 e. The van der Waals surface area contributed by atoms with Gasteiger partial charge in [-0.15, -0.1) is 0 Å². The van der Waals surface area contributed by atoms with Crippen LogP contribution in [-0.2, 0) is 19.4 Å². The molecule has 6 nitrogen and oxygen atoms in total. The van der Waals surface area contributed by atoms with Gasteiger partial charge in [0.05, 0.1) is 17.5 Å². The third kappa shape index (κ3) is 3.41. The maximum absolute atomic E-state index is 13.5. The molecule has 0 aromatic heterocycles. The van der Waals surface area contributed by atoms with Crippen molar-refractivity contribution in [2.75, 3.05) is 30.1 Å². The number of benzene rings is 1. The van der Waals surface area contributed by atoms with E-state index >= 15 is 0 Å². The predicted octanol–water partition coefficient (Wildman–Crippen LogP) is 1.07. The van der Waals surface area contributed by atoms with E-state index in [1.807, 2.05) is 0 Å². The number of rotatable bonds is 3. The minimum Gasteiger partial charge on any atom is -0.375 e. The third-order valence-corrected chi connectivity index (χ3v) is 6.85. The molecule has 2 aliphatic rings. The van der Waals surface area contributed by atoms with Crippen LogP contribution >= 0.6 is 11.8 Å². The van der Waals surface area contributed by atoms with Crippen LogP contribution in [0.4, 0.5) is 10.1 Å². The van der Waals surface area contributed by atoms with E-state index in [0.29, 0.717) is 10.9 Å². The lowest BCUT2D eigenvalue weighted by Gasteiger charge is -2.24. The van der Waals surface area contributed by atoms with Crippen molar-refractivity contribution in [2.45, 2.75) is 11.3 Å². The quantitative estimate of drug-likeness (QED) is 0.805. The summed E-state index contributed by atoms with van der Waals surface area (Å²) in [6.45, 7) is -0.158. The van der Waals surface area contributed by atoms with Crippen molar-refractivity contribution in [1.82, 2.24) is 0 Å². The van der Waals surface area contributed by atoms with Gasteiger partial charge < -0.3 is 9.64 Å². The number of hydrogen-bond acceptors (Lipinski definition) is 5. The smallest absolute Gasteiger partial charge is 0.274 e. The number of carbonyl (C=O) groups is 1. The van der Waals surface area contributed by atoms with E-state index < -0.39 is 21.6 Å². The molecule has 2 heterocycles. The Labute approximate surface area is 137 Å². The van der Waals surface area contributed by atoms with Crippen LogP contribution in [0.15, 0.2) is 29.3 Å². The molecule has 2 aliphatic heterocycles. The molecule has 0 saturated carbocycles. The van der Waals surface area contributed by atoms with Gasteiger partial charge in [0.25, 0.3) is 5.91 Å². The number of anilines is 1. The third-order valence-electron chi connectivity index (χ3n) is 3.64. The number of methoxy groups -OCH3 is 1. The SMILES string of the molecule is COCC(=O)N=C1S[C@@H]2CS(=O)(=O)C[C@H]2N1c1cccc(F)c1. The summed E-state index contributed by atoms with van der Waals surface area (Å²) in [5.74, 6) is -0.886. The van der Waals surface area contributed by atoms with Crippen LogP contribution in [0.25, 0.3) is 0 Å². The standard InChI is InChI=1S/C14H15FN2O4S2/c1-21-6-13(18)16-14-17(10-4-2-3-9(15)5-10)11-7-23(19,20)8-12(11)22-14/h2-5,11-12H,6-8H2,1H3/t11-,12-/m1/s1. The monoisotopic (exact) mass is 358 g/mol. The summed E-state index contributed by atoms with van der Waals surface area (Å²) >= 11 is 1.24. The Morgan fingerprint density at radius 1 is 1.48 bits per heavy atom. The Kier molecular flexibility index (Phi) is 4.43. The molecule has 0 bridgehead atoms. The highest BCUT2D eigenvalue weighted by atomic mass is 32.2. The van der Waals surface area contributed by atoms with Crippen molar-refractivity contribution in [3.8, 4) is 0 Å². The van der Waals surface area contributed by atoms with Crippen LogP contribution in [0, 0.1) is 5.82 Å². The minimum atomic E-state index is -3.14. The first-order valence-corrected chi connectivity index (χ1v) is 9.62. The molecule has 124 valence electrons. The van der Waals surface area contributed by atoms with Crippen molar-refractivity contribution >= 4 is 38.4 Å². The zero-order valence-corrected chi connectivity index (χ0v) is 13.9. The predicted molar refractivity (Wildman–Crippen MR) is 87.0 cm³/mol. The number of ether oxygens (including phenoxy) is 1. The Morgan fingerprint density at radius 3 is 2.96 bits per heavy atom. The first-order valence-electron chi connectivity index (χ1n) is 6.92. The summed E-state index contributed by atoms with van der Waals surface area (Å²) in [5, 5.41) is 0.180. The van der Waals surface area contributed by atoms with Gasteiger partial charge in [0.1, 0.15) is 12.4 Å². The molecular formula is C14H15FN2O4S2. The molecule has 2 fully saturated rings. The Bertz CT molecular complexity index is 766. The molecule has 1 aromatic rings. The number of amides is 1. The first-order chi connectivity index (χ1) is 10.9. The van der Waals surface area contributed by atoms with E-state index in [1.165, 1.54) is 31.0 Å². The maximum atomic E-state index is 13.5. The van der Waals surface area contributed by atoms with Crippen LogP contribution in [0.3, 0.4) is 0 Å². The van der Waals surface area contributed by atoms with Crippen molar-refractivity contribution in [1.29, 1.82) is 0 Å². The summed E-state index contributed by atoms with van der Waals surface area (Å²) in [6.07, 6.45) is 0. The highest BCUT2D eigenvalue weighted by Gasteiger charge is 2.49. The van der Waals surface area contributed by atoms with Gasteiger partial charge in [-0.2, -0.15) is 4.99 Å². The molecule has 2 saturated heterocycles. The number of aliphatic imine (C=N–C) groups is 1. The van der Waals surface area contributed by atoms with Gasteiger partial charge in [-0.05, 0) is 18.2 Å². The first kappa shape index (κ1) is 16.4. The highest BCUT2D eigenvalue weighted by molar-refractivity contribution is 8.16. The lowest BCUT2D eigenvalue weighted by Crippen LogP contribution is -2.37. The summed E-state index contributed by atoms with van der Waals surface area (Å²) in [7, 11) is -1.75. The van der Waals surface area contributed by atoms with E-state index in [-0.39, 0.29) is 29.4 Å². The molecule has 23 heavy (non-hydrogen) atoms. The van der Waals surface area contributed by atoms with E-state index in [0.717, 1.165) is 0 Å². The van der Waals surface area contributed by atoms with E-state index in [2.05, 4.69) is 4.99 Å². The van der Waals surface area contributed by atoms with Crippen LogP contribution < -0.4 is 4.90 Å². The lowest BCUT2D eigenvalue weighted by molar-refractivity contribution is -0.121. The topological polar surface area (TPSA) is 76.0 Å². The number of carbonyl (C=O) groups excluding carboxylic acids is 1. The average Bonchev–Trinajstić information content (AvgIpc) is 2.89. The number of amidine groups is 1. The Balaban J connectivity index is 1.99. The van der Waals surface area contributed by atoms with Gasteiger partial charge in [-0.1, -0.05) is 17.8 Å². The van der Waals surface area contributed by atoms with E-state index in [4.69, 9.17) is 4.74 Å². The van der Waals surface area contributed by atoms with Crippen molar-refractivity contribution in [3.05, 3.63) is 30.1 Å². The van der Waals surface area contributed by atoms with Gasteiger partial charge in [0, 0.05) is 18.0 Å². The molecule has 0 spiro atoms. The molecule has 1 amide bonds. The molecule has 0 N–H and O–H groups in total. The zero-order valence-electron chi connectivity index (χ0n) is 12.3. The molecule has 0 aliphatic carbocycles. The Morgan fingerprint density at radius 2 is 2.26 bits per heavy atom. The van der Waals surface area contributed by atoms with Crippen molar-refractivity contribution in [3.63, 3.8) is 0 Å². The van der Waals surface area contributed by atoms with E-state index in [9.17, 15) is 17.6 Å². The van der Waals surface area contributed by atoms with Crippen molar-refractivity contribution in [2.24, 2.45) is 4.99 Å². The molecule has 9 heteroatoms. The van der Waals surface area contributed by atoms with Gasteiger partial charge in [-0.3, -0.25) is 4.79 Å². The molecule has 0 radical (unpaired) electrons. The number of halogens is 1. The van der Waals surface area contributed by atoms with E-state index in [1.54, 1.807) is 17.0 Å². The number of thioether (sulfide) groups is 1. The molecule has 1 aromatic carbocycles. The normalized spacial score (nSPS) is 27.4. The van der Waals surface area contributed by atoms with Crippen LogP contribution in [0.1, 0.15) is 0 Å². The van der Waals surface area contributed by atoms with Crippen LogP contribution in [0.5, 0.6) is 0 Å². The molecular weight excluding hydrogens is 343 g/mol. The molecule has 3 rings (SSSR count). The second-order valence-corrected chi connectivity index (χ2v) is 8.73. The summed E-state index contributed by atoms with van der Waals surface area (Å²) in [4.78, 5) is 17.4. The van der Waals surface area contributed by atoms with Gasteiger partial charge in [0.2, 0.25) is 0 Å². The number of fused-ring (bicyclic) bond motifs is 1. The molecule has 2 atom stereocenters. The summed E-state index contributed by atoms with van der Waals surface area (Å²) in [6, 6.07) is 5.49. The van der Waals surface area contributed by atoms with Gasteiger partial charge in [0.15, 0.2) is 15.0 Å². The number of sulfone groups is 1. The second kappa shape index (κ2) is 6.21. The fourth-order valence-corrected chi connectivity index (χ4v) is 6.69. The van der Waals surface area contributed by atoms with Crippen LogP contribution in [-0.4, -0.2) is 56.0 Å². The maximum Gasteiger partial charge on any atom is 0.274 e. The molecule has 0 unspecified atom stereocenters. The Hall–Kier alpha value is -1.45.